The Labute approximate surface area is 111 Å². The third-order valence-electron chi connectivity index (χ3n) is 2.80. The summed E-state index contributed by atoms with van der Waals surface area (Å²) >= 11 is 0. The highest BCUT2D eigenvalue weighted by molar-refractivity contribution is 7.89. The van der Waals surface area contributed by atoms with Crippen LogP contribution in [0, 0.1) is 11.3 Å². The second kappa shape index (κ2) is 5.52. The van der Waals surface area contributed by atoms with Crippen LogP contribution in [0.25, 0.3) is 0 Å². The molecular weight excluding hydrogens is 268 g/mol. The van der Waals surface area contributed by atoms with E-state index in [1.165, 1.54) is 10.5 Å². The van der Waals surface area contributed by atoms with Crippen molar-refractivity contribution in [2.45, 2.75) is 11.1 Å². The number of sulfonamides is 1. The van der Waals surface area contributed by atoms with Crippen molar-refractivity contribution < 1.29 is 13.2 Å². The molecule has 1 aromatic rings. The number of nitriles is 1. The van der Waals surface area contributed by atoms with E-state index in [9.17, 15) is 8.42 Å². The van der Waals surface area contributed by atoms with Gasteiger partial charge in [-0.3, -0.25) is 0 Å². The Hall–Kier alpha value is -1.69. The van der Waals surface area contributed by atoms with Crippen LogP contribution >= 0.6 is 0 Å². The van der Waals surface area contributed by atoms with Crippen LogP contribution in [0.4, 0.5) is 5.69 Å². The molecule has 0 spiro atoms. The zero-order chi connectivity index (χ0) is 13.9. The van der Waals surface area contributed by atoms with E-state index >= 15 is 0 Å². The molecule has 0 radical (unpaired) electrons. The molecule has 1 aliphatic heterocycles. The number of hydrogen-bond acceptors (Lipinski definition) is 6. The Balaban J connectivity index is 2.34. The van der Waals surface area contributed by atoms with E-state index < -0.39 is 16.1 Å². The predicted molar refractivity (Wildman–Crippen MR) is 67.9 cm³/mol. The van der Waals surface area contributed by atoms with Gasteiger partial charge >= 0.3 is 0 Å². The lowest BCUT2D eigenvalue weighted by Gasteiger charge is -2.28. The van der Waals surface area contributed by atoms with E-state index in [4.69, 9.17) is 10.00 Å². The van der Waals surface area contributed by atoms with Crippen LogP contribution in [0.3, 0.4) is 0 Å². The molecule has 1 saturated heterocycles. The molecule has 1 aromatic heterocycles. The molecule has 7 nitrogen and oxygen atoms in total. The molecule has 1 atom stereocenters. The molecule has 1 unspecified atom stereocenters. The van der Waals surface area contributed by atoms with Gasteiger partial charge in [0.25, 0.3) is 10.0 Å². The summed E-state index contributed by atoms with van der Waals surface area (Å²) in [6.45, 7) is 0.456. The summed E-state index contributed by atoms with van der Waals surface area (Å²) < 4.78 is 31.3. The molecule has 0 saturated carbocycles. The summed E-state index contributed by atoms with van der Waals surface area (Å²) in [6.07, 6.45) is 0.695. The average molecular weight is 282 g/mol. The summed E-state index contributed by atoms with van der Waals surface area (Å²) in [4.78, 5) is 3.93. The Morgan fingerprint density at radius 1 is 1.63 bits per heavy atom. The Morgan fingerprint density at radius 2 is 2.42 bits per heavy atom. The number of rotatable bonds is 3. The molecule has 0 aromatic carbocycles. The first-order chi connectivity index (χ1) is 9.09. The van der Waals surface area contributed by atoms with Gasteiger partial charge in [0.15, 0.2) is 11.1 Å². The lowest BCUT2D eigenvalue weighted by atomic mass is 10.3. The number of pyridine rings is 1. The van der Waals surface area contributed by atoms with Crippen molar-refractivity contribution in [2.24, 2.45) is 0 Å². The van der Waals surface area contributed by atoms with Gasteiger partial charge in [0.05, 0.1) is 24.9 Å². The molecule has 2 rings (SSSR count). The monoisotopic (exact) mass is 282 g/mol. The molecule has 102 valence electrons. The minimum absolute atomic E-state index is 0.0264. The SMILES string of the molecule is CNc1cccnc1S(=O)(=O)N1CCOC(C#N)C1. The smallest absolute Gasteiger partial charge is 0.262 e. The van der Waals surface area contributed by atoms with Crippen LogP contribution in [0.1, 0.15) is 0 Å². The topological polar surface area (TPSA) is 95.3 Å². The van der Waals surface area contributed by atoms with Gasteiger partial charge in [-0.2, -0.15) is 9.57 Å². The van der Waals surface area contributed by atoms with Crippen molar-refractivity contribution in [3.8, 4) is 6.07 Å². The van der Waals surface area contributed by atoms with Gasteiger partial charge in [0.1, 0.15) is 0 Å². The summed E-state index contributed by atoms with van der Waals surface area (Å²) in [5.41, 5.74) is 0.433. The number of ether oxygens (including phenoxy) is 1. The van der Waals surface area contributed by atoms with Gasteiger partial charge in [-0.25, -0.2) is 13.4 Å². The lowest BCUT2D eigenvalue weighted by molar-refractivity contribution is 0.0311. The van der Waals surface area contributed by atoms with Crippen molar-refractivity contribution >= 4 is 15.7 Å². The Bertz CT molecular complexity index is 596. The maximum Gasteiger partial charge on any atom is 0.262 e. The summed E-state index contributed by atoms with van der Waals surface area (Å²) in [5.74, 6) is 0. The first kappa shape index (κ1) is 13.7. The second-order valence-electron chi connectivity index (χ2n) is 3.96. The maximum absolute atomic E-state index is 12.5. The first-order valence-corrected chi connectivity index (χ1v) is 7.17. The van der Waals surface area contributed by atoms with Gasteiger partial charge in [-0.15, -0.1) is 0 Å². The Kier molecular flexibility index (Phi) is 3.99. The fourth-order valence-electron chi connectivity index (χ4n) is 1.83. The molecule has 1 fully saturated rings. The highest BCUT2D eigenvalue weighted by atomic mass is 32.2. The number of nitrogens with one attached hydrogen (secondary N) is 1. The standard InChI is InChI=1S/C11H14N4O3S/c1-13-10-3-2-4-14-11(10)19(16,17)15-5-6-18-9(7-12)8-15/h2-4,9,13H,5-6,8H2,1H3. The molecule has 0 bridgehead atoms. The normalized spacial score (nSPS) is 20.7. The van der Waals surface area contributed by atoms with Crippen molar-refractivity contribution in [1.29, 1.82) is 5.26 Å². The number of aromatic nitrogens is 1. The molecular formula is C11H14N4O3S. The van der Waals surface area contributed by atoms with Crippen molar-refractivity contribution in [3.63, 3.8) is 0 Å². The van der Waals surface area contributed by atoms with Gasteiger partial charge < -0.3 is 10.1 Å². The van der Waals surface area contributed by atoms with Crippen LogP contribution in [0.5, 0.6) is 0 Å². The molecule has 8 heteroatoms. The van der Waals surface area contributed by atoms with Crippen LogP contribution in [-0.4, -0.2) is 50.6 Å². The number of nitrogens with zero attached hydrogens (tertiary/aromatic N) is 3. The highest BCUT2D eigenvalue weighted by Gasteiger charge is 2.33. The van der Waals surface area contributed by atoms with E-state index in [2.05, 4.69) is 10.3 Å². The summed E-state index contributed by atoms with van der Waals surface area (Å²) in [5, 5.41) is 11.6. The fourth-order valence-corrected chi connectivity index (χ4v) is 3.36. The van der Waals surface area contributed by atoms with E-state index in [0.717, 1.165) is 0 Å². The molecule has 19 heavy (non-hydrogen) atoms. The van der Waals surface area contributed by atoms with Crippen LogP contribution in [-0.2, 0) is 14.8 Å². The first-order valence-electron chi connectivity index (χ1n) is 5.73. The lowest BCUT2D eigenvalue weighted by Crippen LogP contribution is -2.45. The maximum atomic E-state index is 12.5. The minimum Gasteiger partial charge on any atom is -0.386 e. The number of anilines is 1. The van der Waals surface area contributed by atoms with Crippen LogP contribution in [0.2, 0.25) is 0 Å². The average Bonchev–Trinajstić information content (AvgIpc) is 2.47. The van der Waals surface area contributed by atoms with E-state index in [1.807, 2.05) is 6.07 Å². The summed E-state index contributed by atoms with van der Waals surface area (Å²) in [6, 6.07) is 5.22. The minimum atomic E-state index is -3.72. The van der Waals surface area contributed by atoms with Crippen molar-refractivity contribution in [1.82, 2.24) is 9.29 Å². The van der Waals surface area contributed by atoms with Crippen LogP contribution in [0.15, 0.2) is 23.4 Å². The second-order valence-corrected chi connectivity index (χ2v) is 5.81. The largest absolute Gasteiger partial charge is 0.386 e. The van der Waals surface area contributed by atoms with E-state index in [0.29, 0.717) is 5.69 Å². The van der Waals surface area contributed by atoms with Gasteiger partial charge in [-0.05, 0) is 12.1 Å². The van der Waals surface area contributed by atoms with E-state index in [1.54, 1.807) is 19.2 Å². The van der Waals surface area contributed by atoms with Crippen molar-refractivity contribution in [3.05, 3.63) is 18.3 Å². The van der Waals surface area contributed by atoms with Gasteiger partial charge in [0, 0.05) is 19.8 Å². The van der Waals surface area contributed by atoms with Crippen LogP contribution < -0.4 is 5.32 Å². The third kappa shape index (κ3) is 2.68. The quantitative estimate of drug-likeness (QED) is 0.840. The molecule has 2 heterocycles. The summed E-state index contributed by atoms with van der Waals surface area (Å²) in [7, 11) is -2.09. The van der Waals surface area contributed by atoms with Gasteiger partial charge in [0.2, 0.25) is 0 Å². The molecule has 0 amide bonds. The number of morpholine rings is 1. The predicted octanol–water partition coefficient (Wildman–Crippen LogP) is 0.0364. The molecule has 0 aliphatic carbocycles. The molecule has 1 N–H and O–H groups in total. The fraction of sp³-hybridized carbons (Fsp3) is 0.455. The highest BCUT2D eigenvalue weighted by Crippen LogP contribution is 2.23. The third-order valence-corrected chi connectivity index (χ3v) is 4.62. The van der Waals surface area contributed by atoms with Gasteiger partial charge in [-0.1, -0.05) is 0 Å². The Morgan fingerprint density at radius 3 is 3.11 bits per heavy atom. The zero-order valence-electron chi connectivity index (χ0n) is 10.4. The van der Waals surface area contributed by atoms with Crippen molar-refractivity contribution in [2.75, 3.05) is 32.1 Å². The number of hydrogen-bond donors (Lipinski definition) is 1. The zero-order valence-corrected chi connectivity index (χ0v) is 11.2. The molecule has 1 aliphatic rings. The van der Waals surface area contributed by atoms with E-state index in [-0.39, 0.29) is 24.7 Å².